The molecule has 1 aliphatic carbocycles. The van der Waals surface area contributed by atoms with Crippen molar-refractivity contribution in [3.63, 3.8) is 0 Å². The molecule has 6 nitrogen and oxygen atoms in total. The van der Waals surface area contributed by atoms with Gasteiger partial charge in [-0.05, 0) is 61.8 Å². The van der Waals surface area contributed by atoms with Gasteiger partial charge in [-0.3, -0.25) is 4.79 Å². The van der Waals surface area contributed by atoms with Crippen molar-refractivity contribution in [2.45, 2.75) is 104 Å². The topological polar surface area (TPSA) is 80.9 Å². The Morgan fingerprint density at radius 2 is 1.71 bits per heavy atom. The van der Waals surface area contributed by atoms with E-state index in [9.17, 15) is 9.90 Å². The molecule has 3 heterocycles. The maximum absolute atomic E-state index is 12.5. The number of hydrogen-bond donors (Lipinski definition) is 1. The summed E-state index contributed by atoms with van der Waals surface area (Å²) in [5.41, 5.74) is 4.80. The van der Waals surface area contributed by atoms with Gasteiger partial charge in [0.15, 0.2) is 11.6 Å². The van der Waals surface area contributed by atoms with Gasteiger partial charge in [0.2, 0.25) is 0 Å². The second kappa shape index (κ2) is 12.2. The van der Waals surface area contributed by atoms with Crippen LogP contribution in [0.15, 0.2) is 54.9 Å². The summed E-state index contributed by atoms with van der Waals surface area (Å²) in [7, 11) is 0. The Hall–Kier alpha value is -3.38. The second-order valence-corrected chi connectivity index (χ2v) is 12.0. The molecule has 0 unspecified atom stereocenters. The Labute approximate surface area is 244 Å². The molecule has 4 aromatic rings. The minimum atomic E-state index is -1.00. The van der Waals surface area contributed by atoms with Crippen LogP contribution in [0.25, 0.3) is 22.2 Å². The fourth-order valence-electron chi connectivity index (χ4n) is 5.91. The number of unbranched alkanes of at least 4 members (excludes halogenated alkanes) is 1. The van der Waals surface area contributed by atoms with Gasteiger partial charge in [-0.1, -0.05) is 83.7 Å². The van der Waals surface area contributed by atoms with Crippen molar-refractivity contribution in [2.24, 2.45) is 5.92 Å². The molecule has 1 saturated carbocycles. The number of ketones is 1. The number of carbonyl (C=O) groups excluding carboxylic acids is 1. The highest BCUT2D eigenvalue weighted by atomic mass is 16.3. The smallest absolute Gasteiger partial charge is 0.160 e. The van der Waals surface area contributed by atoms with E-state index in [-0.39, 0.29) is 11.8 Å². The quantitative estimate of drug-likeness (QED) is 0.211. The van der Waals surface area contributed by atoms with Gasteiger partial charge in [-0.25, -0.2) is 15.0 Å². The van der Waals surface area contributed by atoms with Crippen LogP contribution in [0.1, 0.15) is 126 Å². The van der Waals surface area contributed by atoms with E-state index >= 15 is 0 Å². The number of imidazole rings is 1. The van der Waals surface area contributed by atoms with E-state index in [1.54, 1.807) is 19.3 Å². The maximum Gasteiger partial charge on any atom is 0.160 e. The first-order chi connectivity index (χ1) is 19.8. The van der Waals surface area contributed by atoms with Crippen molar-refractivity contribution in [1.29, 1.82) is 0 Å². The van der Waals surface area contributed by atoms with Gasteiger partial charge in [0.25, 0.3) is 0 Å². The van der Waals surface area contributed by atoms with Gasteiger partial charge >= 0.3 is 0 Å². The SMILES string of the molecule is CC1CC1.CCCC[C@@H]1C[C@H](c2ccccc2C(C)=O)n2c1nc1ccc(-c3cnc(C(O)(CC)CC)nc3)cc12. The zero-order chi connectivity index (χ0) is 29.1. The molecule has 2 atom stereocenters. The molecule has 216 valence electrons. The third kappa shape index (κ3) is 5.99. The summed E-state index contributed by atoms with van der Waals surface area (Å²) in [6, 6.07) is 14.4. The molecule has 6 rings (SSSR count). The Bertz CT molecular complexity index is 1500. The van der Waals surface area contributed by atoms with E-state index < -0.39 is 5.60 Å². The number of carbonyl (C=O) groups is 1. The van der Waals surface area contributed by atoms with E-state index in [0.29, 0.717) is 24.6 Å². The molecule has 6 heteroatoms. The molecule has 2 aliphatic rings. The first-order valence-electron chi connectivity index (χ1n) is 15.5. The third-order valence-corrected chi connectivity index (χ3v) is 8.94. The molecular weight excluding hydrogens is 508 g/mol. The fraction of sp³-hybridized carbons (Fsp3) is 0.486. The lowest BCUT2D eigenvalue weighted by Crippen LogP contribution is -2.26. The Morgan fingerprint density at radius 1 is 1.02 bits per heavy atom. The summed E-state index contributed by atoms with van der Waals surface area (Å²) in [6.07, 6.45) is 12.1. The van der Waals surface area contributed by atoms with Crippen LogP contribution >= 0.6 is 0 Å². The van der Waals surface area contributed by atoms with Gasteiger partial charge in [0, 0.05) is 29.4 Å². The number of benzene rings is 2. The average Bonchev–Trinajstić information content (AvgIpc) is 3.57. The van der Waals surface area contributed by atoms with E-state index in [0.717, 1.165) is 70.7 Å². The average molecular weight is 553 g/mol. The standard InChI is InChI=1S/C31H36N4O2.C4H8/c1-5-8-11-22-17-27(25-13-10-9-12-24(25)20(4)36)35-28-16-21(14-15-26(28)34-29(22)35)23-18-32-30(33-19-23)31(37,6-2)7-3;1-4-2-3-4/h9-10,12-16,18-19,22,27,37H,5-8,11,17H2,1-4H3;4H,2-3H2,1H3/t22-,27-;/m1./s1. The molecule has 1 fully saturated rings. The van der Waals surface area contributed by atoms with E-state index in [4.69, 9.17) is 4.98 Å². The van der Waals surface area contributed by atoms with Crippen LogP contribution in [-0.4, -0.2) is 30.4 Å². The van der Waals surface area contributed by atoms with Crippen LogP contribution in [0, 0.1) is 5.92 Å². The number of Topliss-reactive ketones (excluding diaryl/α,β-unsaturated/α-hetero) is 1. The first-order valence-corrected chi connectivity index (χ1v) is 15.5. The highest BCUT2D eigenvalue weighted by Crippen LogP contribution is 2.45. The van der Waals surface area contributed by atoms with Gasteiger partial charge in [-0.2, -0.15) is 0 Å². The number of rotatable bonds is 9. The highest BCUT2D eigenvalue weighted by molar-refractivity contribution is 5.96. The summed E-state index contributed by atoms with van der Waals surface area (Å²) < 4.78 is 2.36. The van der Waals surface area contributed by atoms with Crippen molar-refractivity contribution in [2.75, 3.05) is 0 Å². The number of aromatic nitrogens is 4. The summed E-state index contributed by atoms with van der Waals surface area (Å²) in [4.78, 5) is 26.7. The Kier molecular flexibility index (Phi) is 8.69. The van der Waals surface area contributed by atoms with Crippen molar-refractivity contribution < 1.29 is 9.90 Å². The minimum Gasteiger partial charge on any atom is -0.382 e. The lowest BCUT2D eigenvalue weighted by Gasteiger charge is -2.23. The van der Waals surface area contributed by atoms with Crippen molar-refractivity contribution in [3.05, 3.63) is 77.6 Å². The number of fused-ring (bicyclic) bond motifs is 3. The summed E-state index contributed by atoms with van der Waals surface area (Å²) in [6.45, 7) is 10.0. The summed E-state index contributed by atoms with van der Waals surface area (Å²) >= 11 is 0. The van der Waals surface area contributed by atoms with Crippen LogP contribution in [-0.2, 0) is 5.60 Å². The molecule has 0 saturated heterocycles. The van der Waals surface area contributed by atoms with E-state index in [2.05, 4.69) is 52.6 Å². The third-order valence-electron chi connectivity index (χ3n) is 8.94. The molecule has 1 N–H and O–H groups in total. The summed E-state index contributed by atoms with van der Waals surface area (Å²) in [5.74, 6) is 3.12. The maximum atomic E-state index is 12.5. The van der Waals surface area contributed by atoms with Gasteiger partial charge < -0.3 is 9.67 Å². The lowest BCUT2D eigenvalue weighted by molar-refractivity contribution is 0.0193. The van der Waals surface area contributed by atoms with Crippen molar-refractivity contribution in [1.82, 2.24) is 19.5 Å². The monoisotopic (exact) mass is 552 g/mol. The second-order valence-electron chi connectivity index (χ2n) is 12.0. The first kappa shape index (κ1) is 29.1. The molecule has 0 amide bonds. The fourth-order valence-corrected chi connectivity index (χ4v) is 5.91. The normalized spacial score (nSPS) is 18.2. The zero-order valence-electron chi connectivity index (χ0n) is 25.2. The van der Waals surface area contributed by atoms with Crippen LogP contribution in [0.2, 0.25) is 0 Å². The van der Waals surface area contributed by atoms with Crippen molar-refractivity contribution >= 4 is 16.8 Å². The molecule has 0 spiro atoms. The number of hydrogen-bond acceptors (Lipinski definition) is 5. The predicted octanol–water partition coefficient (Wildman–Crippen LogP) is 8.39. The van der Waals surface area contributed by atoms with Gasteiger partial charge in [-0.15, -0.1) is 0 Å². The van der Waals surface area contributed by atoms with Crippen molar-refractivity contribution in [3.8, 4) is 11.1 Å². The zero-order valence-corrected chi connectivity index (χ0v) is 25.2. The largest absolute Gasteiger partial charge is 0.382 e. The van der Waals surface area contributed by atoms with E-state index in [1.807, 2.05) is 32.0 Å². The molecule has 1 aliphatic heterocycles. The predicted molar refractivity (Wildman–Crippen MR) is 165 cm³/mol. The van der Waals surface area contributed by atoms with E-state index in [1.165, 1.54) is 12.8 Å². The number of nitrogens with zero attached hydrogens (tertiary/aromatic N) is 4. The van der Waals surface area contributed by atoms with Crippen LogP contribution in [0.3, 0.4) is 0 Å². The van der Waals surface area contributed by atoms with Crippen LogP contribution in [0.5, 0.6) is 0 Å². The molecular formula is C35H44N4O2. The molecule has 0 bridgehead atoms. The molecule has 41 heavy (non-hydrogen) atoms. The van der Waals surface area contributed by atoms with Gasteiger partial charge in [0.1, 0.15) is 11.4 Å². The molecule has 2 aromatic carbocycles. The Morgan fingerprint density at radius 3 is 2.32 bits per heavy atom. The van der Waals surface area contributed by atoms with Gasteiger partial charge in [0.05, 0.1) is 17.1 Å². The molecule has 2 aromatic heterocycles. The van der Waals surface area contributed by atoms with Crippen LogP contribution < -0.4 is 0 Å². The highest BCUT2D eigenvalue weighted by Gasteiger charge is 2.36. The summed E-state index contributed by atoms with van der Waals surface area (Å²) in [5, 5.41) is 10.8. The number of aliphatic hydroxyl groups is 1. The minimum absolute atomic E-state index is 0.0694. The molecule has 0 radical (unpaired) electrons. The van der Waals surface area contributed by atoms with Crippen LogP contribution in [0.4, 0.5) is 0 Å². The lowest BCUT2D eigenvalue weighted by atomic mass is 9.91. The Balaban J connectivity index is 0.000000777.